The number of aromatic nitrogens is 1. The van der Waals surface area contributed by atoms with Crippen LogP contribution in [-0.2, 0) is 21.5 Å². The molecule has 7 nitrogen and oxygen atoms in total. The summed E-state index contributed by atoms with van der Waals surface area (Å²) in [5, 5.41) is 2.37. The molecule has 5 N–H and O–H groups in total. The molecule has 1 atom stereocenters. The van der Waals surface area contributed by atoms with Crippen LogP contribution < -0.4 is 16.9 Å². The maximum atomic E-state index is 13.6. The van der Waals surface area contributed by atoms with Gasteiger partial charge in [-0.1, -0.05) is 11.6 Å². The predicted molar refractivity (Wildman–Crippen MR) is 100 cm³/mol. The molecule has 1 unspecified atom stereocenters. The number of nitrogens with one attached hydrogen (secondary N) is 1. The van der Waals surface area contributed by atoms with Crippen molar-refractivity contribution in [3.63, 3.8) is 0 Å². The number of halogens is 2. The second-order valence-corrected chi connectivity index (χ2v) is 7.72. The van der Waals surface area contributed by atoms with E-state index in [1.54, 1.807) is 20.0 Å². The van der Waals surface area contributed by atoms with E-state index in [4.69, 9.17) is 23.1 Å². The number of nitrogens with two attached hydrogens (primary N) is 2. The number of aryl methyl sites for hydroxylation is 1. The molecule has 2 amide bonds. The molecule has 0 bridgehead atoms. The summed E-state index contributed by atoms with van der Waals surface area (Å²) in [6.45, 7) is 1.74. The van der Waals surface area contributed by atoms with Gasteiger partial charge in [-0.2, -0.15) is 0 Å². The molecule has 0 saturated carbocycles. The number of hydrazine groups is 1. The molecular weight excluding hydrogens is 393 g/mol. The SMILES string of the molecule is Cc1nc(Cc2cc(F)cc(Cl)c2)sc1C1(C(N)=O)C=C(C(N)=O)NN1C. The number of benzene rings is 1. The lowest BCUT2D eigenvalue weighted by Crippen LogP contribution is -2.52. The Bertz CT molecular complexity index is 956. The first-order chi connectivity index (χ1) is 12.6. The van der Waals surface area contributed by atoms with Crippen LogP contribution in [0.1, 0.15) is 21.1 Å². The van der Waals surface area contributed by atoms with Gasteiger partial charge in [0.05, 0.1) is 15.6 Å². The summed E-state index contributed by atoms with van der Waals surface area (Å²) in [6, 6.07) is 4.25. The lowest BCUT2D eigenvalue weighted by molar-refractivity contribution is -0.127. The van der Waals surface area contributed by atoms with E-state index in [2.05, 4.69) is 10.4 Å². The number of carbonyl (C=O) groups excluding carboxylic acids is 2. The molecule has 142 valence electrons. The van der Waals surface area contributed by atoms with E-state index in [0.717, 1.165) is 0 Å². The highest BCUT2D eigenvalue weighted by molar-refractivity contribution is 7.12. The Kier molecular flexibility index (Phi) is 4.94. The summed E-state index contributed by atoms with van der Waals surface area (Å²) < 4.78 is 13.6. The Morgan fingerprint density at radius 3 is 2.63 bits per heavy atom. The standard InChI is InChI=1S/C17H17ClFN5O2S/c1-8-14(17(16(21)26)7-12(15(20)25)23-24(17)2)27-13(22-8)5-9-3-10(18)6-11(19)4-9/h3-4,6-7,23H,5H2,1-2H3,(H2,20,25)(H2,21,26). The van der Waals surface area contributed by atoms with E-state index in [-0.39, 0.29) is 5.70 Å². The molecule has 1 aliphatic rings. The van der Waals surface area contributed by atoms with Gasteiger partial charge in [-0.3, -0.25) is 9.59 Å². The van der Waals surface area contributed by atoms with E-state index in [1.807, 2.05) is 0 Å². The zero-order valence-electron chi connectivity index (χ0n) is 14.5. The zero-order chi connectivity index (χ0) is 19.9. The fourth-order valence-electron chi connectivity index (χ4n) is 3.07. The van der Waals surface area contributed by atoms with Crippen molar-refractivity contribution in [3.05, 3.63) is 62.0 Å². The van der Waals surface area contributed by atoms with E-state index in [9.17, 15) is 14.0 Å². The van der Waals surface area contributed by atoms with Crippen LogP contribution in [0.25, 0.3) is 0 Å². The smallest absolute Gasteiger partial charge is 0.265 e. The van der Waals surface area contributed by atoms with Gasteiger partial charge in [-0.25, -0.2) is 14.4 Å². The Labute approximate surface area is 163 Å². The van der Waals surface area contributed by atoms with E-state index < -0.39 is 23.2 Å². The highest BCUT2D eigenvalue weighted by Crippen LogP contribution is 2.39. The molecule has 27 heavy (non-hydrogen) atoms. The minimum atomic E-state index is -1.40. The third-order valence-corrected chi connectivity index (χ3v) is 5.78. The fraction of sp³-hybridized carbons (Fsp3) is 0.235. The molecule has 0 radical (unpaired) electrons. The first-order valence-electron chi connectivity index (χ1n) is 7.88. The van der Waals surface area contributed by atoms with Crippen LogP contribution >= 0.6 is 22.9 Å². The Morgan fingerprint density at radius 2 is 2.07 bits per heavy atom. The molecule has 1 aromatic carbocycles. The number of thiazole rings is 1. The third kappa shape index (κ3) is 3.41. The Hall–Kier alpha value is -2.49. The molecule has 2 aromatic rings. The largest absolute Gasteiger partial charge is 0.367 e. The maximum Gasteiger partial charge on any atom is 0.265 e. The number of hydrogen-bond donors (Lipinski definition) is 3. The maximum absolute atomic E-state index is 13.6. The quantitative estimate of drug-likeness (QED) is 0.689. The minimum Gasteiger partial charge on any atom is -0.367 e. The molecule has 0 saturated heterocycles. The second kappa shape index (κ2) is 6.91. The van der Waals surface area contributed by atoms with Crippen molar-refractivity contribution < 1.29 is 14.0 Å². The molecule has 2 heterocycles. The molecule has 0 spiro atoms. The number of hydrogen-bond acceptors (Lipinski definition) is 6. The van der Waals surface area contributed by atoms with E-state index >= 15 is 0 Å². The molecule has 1 aromatic heterocycles. The van der Waals surface area contributed by atoms with Crippen LogP contribution in [0.3, 0.4) is 0 Å². The lowest BCUT2D eigenvalue weighted by atomic mass is 9.94. The van der Waals surface area contributed by atoms with E-state index in [1.165, 1.54) is 34.6 Å². The van der Waals surface area contributed by atoms with Gasteiger partial charge >= 0.3 is 0 Å². The van der Waals surface area contributed by atoms with Gasteiger partial charge in [0.2, 0.25) is 5.91 Å². The Morgan fingerprint density at radius 1 is 1.37 bits per heavy atom. The minimum absolute atomic E-state index is 0.0718. The van der Waals surface area contributed by atoms with Crippen LogP contribution in [0, 0.1) is 12.7 Å². The lowest BCUT2D eigenvalue weighted by Gasteiger charge is -2.30. The summed E-state index contributed by atoms with van der Waals surface area (Å²) >= 11 is 7.15. The first-order valence-corrected chi connectivity index (χ1v) is 9.07. The van der Waals surface area contributed by atoms with Crippen molar-refractivity contribution in [2.75, 3.05) is 7.05 Å². The highest BCUT2D eigenvalue weighted by atomic mass is 35.5. The number of primary amides is 2. The number of nitrogens with zero attached hydrogens (tertiary/aromatic N) is 2. The van der Waals surface area contributed by atoms with Crippen LogP contribution in [0.5, 0.6) is 0 Å². The van der Waals surface area contributed by atoms with Gasteiger partial charge in [-0.05, 0) is 36.8 Å². The van der Waals surface area contributed by atoms with Crippen LogP contribution in [0.4, 0.5) is 4.39 Å². The number of carbonyl (C=O) groups is 2. The van der Waals surface area contributed by atoms with Gasteiger partial charge in [-0.15, -0.1) is 11.3 Å². The molecule has 0 aliphatic carbocycles. The molecule has 0 fully saturated rings. The summed E-state index contributed by atoms with van der Waals surface area (Å²) in [6.07, 6.45) is 1.74. The van der Waals surface area contributed by atoms with E-state index in [0.29, 0.717) is 32.6 Å². The zero-order valence-corrected chi connectivity index (χ0v) is 16.1. The van der Waals surface area contributed by atoms with Crippen molar-refractivity contribution >= 4 is 34.8 Å². The monoisotopic (exact) mass is 409 g/mol. The van der Waals surface area contributed by atoms with Crippen molar-refractivity contribution in [3.8, 4) is 0 Å². The molecular formula is C17H17ClFN5O2S. The molecule has 1 aliphatic heterocycles. The average molecular weight is 410 g/mol. The number of rotatable bonds is 5. The van der Waals surface area contributed by atoms with Gasteiger partial charge in [0, 0.05) is 18.5 Å². The third-order valence-electron chi connectivity index (χ3n) is 4.28. The van der Waals surface area contributed by atoms with Gasteiger partial charge < -0.3 is 16.9 Å². The number of amides is 2. The summed E-state index contributed by atoms with van der Waals surface area (Å²) in [7, 11) is 1.59. The average Bonchev–Trinajstić information content (AvgIpc) is 3.07. The molecule has 10 heteroatoms. The molecule has 3 rings (SSSR count). The topological polar surface area (TPSA) is 114 Å². The van der Waals surface area contributed by atoms with Crippen molar-refractivity contribution in [1.82, 2.24) is 15.4 Å². The van der Waals surface area contributed by atoms with Crippen LogP contribution in [0.15, 0.2) is 30.0 Å². The van der Waals surface area contributed by atoms with Gasteiger partial charge in [0.15, 0.2) is 5.54 Å². The first kappa shape index (κ1) is 19.3. The summed E-state index contributed by atoms with van der Waals surface area (Å²) in [5.41, 5.74) is 13.7. The second-order valence-electron chi connectivity index (χ2n) is 6.20. The van der Waals surface area contributed by atoms with Gasteiger partial charge in [0.25, 0.3) is 5.91 Å². The van der Waals surface area contributed by atoms with Crippen LogP contribution in [0.2, 0.25) is 5.02 Å². The van der Waals surface area contributed by atoms with Crippen molar-refractivity contribution in [1.29, 1.82) is 0 Å². The van der Waals surface area contributed by atoms with Crippen LogP contribution in [-0.4, -0.2) is 28.9 Å². The van der Waals surface area contributed by atoms with Crippen molar-refractivity contribution in [2.24, 2.45) is 11.5 Å². The van der Waals surface area contributed by atoms with Gasteiger partial charge in [0.1, 0.15) is 11.5 Å². The predicted octanol–water partition coefficient (Wildman–Crippen LogP) is 1.33. The number of likely N-dealkylation sites (N-methyl/N-ethyl adjacent to an activating group) is 1. The summed E-state index contributed by atoms with van der Waals surface area (Å²) in [5.74, 6) is -1.82. The van der Waals surface area contributed by atoms with Crippen molar-refractivity contribution in [2.45, 2.75) is 18.9 Å². The summed E-state index contributed by atoms with van der Waals surface area (Å²) in [4.78, 5) is 28.9. The Balaban J connectivity index is 2.04. The normalized spacial score (nSPS) is 19.6. The fourth-order valence-corrected chi connectivity index (χ4v) is 4.62. The highest BCUT2D eigenvalue weighted by Gasteiger charge is 2.49.